The molecule has 0 aromatic carbocycles. The highest BCUT2D eigenvalue weighted by molar-refractivity contribution is 5.88. The Balaban J connectivity index is 3.85. The van der Waals surface area contributed by atoms with Gasteiger partial charge in [0.25, 0.3) is 0 Å². The Bertz CT molecular complexity index is 166. The summed E-state index contributed by atoms with van der Waals surface area (Å²) < 4.78 is 0. The van der Waals surface area contributed by atoms with Crippen molar-refractivity contribution in [3.63, 3.8) is 0 Å². The third kappa shape index (κ3) is 3.72. The van der Waals surface area contributed by atoms with Crippen LogP contribution in [0.2, 0.25) is 0 Å². The lowest BCUT2D eigenvalue weighted by molar-refractivity contribution is -0.127. The molecule has 0 aliphatic heterocycles. The van der Waals surface area contributed by atoms with Gasteiger partial charge in [0.05, 0.1) is 12.1 Å². The van der Waals surface area contributed by atoms with Crippen LogP contribution in [0.15, 0.2) is 0 Å². The summed E-state index contributed by atoms with van der Waals surface area (Å²) in [6, 6.07) is -0.995. The Morgan fingerprint density at radius 2 is 1.82 bits per heavy atom. The summed E-state index contributed by atoms with van der Waals surface area (Å²) in [6.07, 6.45) is 0. The molecule has 0 saturated heterocycles. The van der Waals surface area contributed by atoms with E-state index >= 15 is 0 Å². The standard InChI is InChI=1S/C7H14N2O2/c1-4(8)7(11)9-5(2)6(3)10/h4-5H,8H2,1-3H3,(H,9,11)/t4-,5-/m0/s1. The van der Waals surface area contributed by atoms with E-state index in [4.69, 9.17) is 5.73 Å². The summed E-state index contributed by atoms with van der Waals surface area (Å²) in [4.78, 5) is 21.5. The molecule has 64 valence electrons. The van der Waals surface area contributed by atoms with Crippen molar-refractivity contribution in [3.05, 3.63) is 0 Å². The van der Waals surface area contributed by atoms with Gasteiger partial charge in [-0.05, 0) is 20.8 Å². The van der Waals surface area contributed by atoms with Crippen molar-refractivity contribution in [1.29, 1.82) is 0 Å². The molecule has 0 saturated carbocycles. The Morgan fingerprint density at radius 1 is 1.36 bits per heavy atom. The van der Waals surface area contributed by atoms with Crippen LogP contribution in [0.5, 0.6) is 0 Å². The van der Waals surface area contributed by atoms with Crippen molar-refractivity contribution in [2.45, 2.75) is 32.9 Å². The van der Waals surface area contributed by atoms with Gasteiger partial charge in [-0.15, -0.1) is 0 Å². The lowest BCUT2D eigenvalue weighted by atomic mass is 10.2. The number of carbonyl (C=O) groups excluding carboxylic acids is 2. The van der Waals surface area contributed by atoms with E-state index in [1.54, 1.807) is 13.8 Å². The van der Waals surface area contributed by atoms with Crippen LogP contribution in [0.4, 0.5) is 0 Å². The molecule has 0 radical (unpaired) electrons. The number of rotatable bonds is 3. The number of nitrogens with two attached hydrogens (primary N) is 1. The molecule has 2 atom stereocenters. The molecule has 0 bridgehead atoms. The Hall–Kier alpha value is -0.900. The van der Waals surface area contributed by atoms with E-state index in [9.17, 15) is 9.59 Å². The maximum absolute atomic E-state index is 10.9. The van der Waals surface area contributed by atoms with Crippen molar-refractivity contribution in [2.75, 3.05) is 0 Å². The van der Waals surface area contributed by atoms with Gasteiger partial charge in [-0.1, -0.05) is 0 Å². The molecule has 0 aliphatic carbocycles. The molecule has 0 rings (SSSR count). The minimum atomic E-state index is -0.559. The number of hydrogen-bond donors (Lipinski definition) is 2. The summed E-state index contributed by atoms with van der Waals surface area (Å²) >= 11 is 0. The van der Waals surface area contributed by atoms with E-state index in [-0.39, 0.29) is 11.7 Å². The molecule has 11 heavy (non-hydrogen) atoms. The SMILES string of the molecule is CC(=O)[C@H](C)NC(=O)[C@H](C)N. The highest BCUT2D eigenvalue weighted by Gasteiger charge is 2.13. The smallest absolute Gasteiger partial charge is 0.237 e. The maximum Gasteiger partial charge on any atom is 0.237 e. The van der Waals surface area contributed by atoms with Crippen LogP contribution >= 0.6 is 0 Å². The first-order valence-electron chi connectivity index (χ1n) is 3.51. The number of amides is 1. The lowest BCUT2D eigenvalue weighted by Crippen LogP contribution is -2.45. The molecule has 0 aromatic heterocycles. The third-order valence-electron chi connectivity index (χ3n) is 1.38. The molecule has 0 unspecified atom stereocenters. The Labute approximate surface area is 66.1 Å². The van der Waals surface area contributed by atoms with Gasteiger partial charge in [0.1, 0.15) is 0 Å². The average molecular weight is 158 g/mol. The van der Waals surface area contributed by atoms with Gasteiger partial charge in [-0.2, -0.15) is 0 Å². The van der Waals surface area contributed by atoms with Crippen molar-refractivity contribution in [1.82, 2.24) is 5.32 Å². The van der Waals surface area contributed by atoms with Crippen molar-refractivity contribution < 1.29 is 9.59 Å². The molecule has 0 fully saturated rings. The zero-order chi connectivity index (χ0) is 9.02. The van der Waals surface area contributed by atoms with Gasteiger partial charge in [0, 0.05) is 0 Å². The van der Waals surface area contributed by atoms with E-state index in [1.807, 2.05) is 0 Å². The summed E-state index contributed by atoms with van der Waals surface area (Å²) in [5, 5.41) is 2.47. The predicted octanol–water partition coefficient (Wildman–Crippen LogP) is -0.573. The topological polar surface area (TPSA) is 72.2 Å². The van der Waals surface area contributed by atoms with Gasteiger partial charge < -0.3 is 11.1 Å². The monoisotopic (exact) mass is 158 g/mol. The highest BCUT2D eigenvalue weighted by atomic mass is 16.2. The fourth-order valence-electron chi connectivity index (χ4n) is 0.446. The molecule has 4 heteroatoms. The number of Topliss-reactive ketones (excluding diaryl/α,β-unsaturated/α-hetero) is 1. The molecule has 4 nitrogen and oxygen atoms in total. The van der Waals surface area contributed by atoms with Crippen molar-refractivity contribution >= 4 is 11.7 Å². The second kappa shape index (κ2) is 4.08. The van der Waals surface area contributed by atoms with Crippen LogP contribution in [0, 0.1) is 0 Å². The van der Waals surface area contributed by atoms with Crippen molar-refractivity contribution in [3.8, 4) is 0 Å². The summed E-state index contributed by atoms with van der Waals surface area (Å²) in [5.74, 6) is -0.369. The van der Waals surface area contributed by atoms with Crippen LogP contribution in [0.25, 0.3) is 0 Å². The average Bonchev–Trinajstić information content (AvgIpc) is 1.87. The molecule has 0 spiro atoms. The minimum Gasteiger partial charge on any atom is -0.345 e. The second-order valence-electron chi connectivity index (χ2n) is 2.63. The normalized spacial score (nSPS) is 15.3. The van der Waals surface area contributed by atoms with E-state index < -0.39 is 12.1 Å². The molecule has 1 amide bonds. The first-order chi connectivity index (χ1) is 4.95. The predicted molar refractivity (Wildman–Crippen MR) is 41.9 cm³/mol. The number of carbonyl (C=O) groups is 2. The van der Waals surface area contributed by atoms with Gasteiger partial charge in [-0.3, -0.25) is 9.59 Å². The third-order valence-corrected chi connectivity index (χ3v) is 1.38. The quantitative estimate of drug-likeness (QED) is 0.577. The van der Waals surface area contributed by atoms with E-state index in [2.05, 4.69) is 5.32 Å². The molecular formula is C7H14N2O2. The zero-order valence-corrected chi connectivity index (χ0v) is 7.05. The number of nitrogens with one attached hydrogen (secondary N) is 1. The molecule has 3 N–H and O–H groups in total. The van der Waals surface area contributed by atoms with Gasteiger partial charge in [0.15, 0.2) is 5.78 Å². The lowest BCUT2D eigenvalue weighted by Gasteiger charge is -2.11. The van der Waals surface area contributed by atoms with E-state index in [0.29, 0.717) is 0 Å². The molecule has 0 aromatic rings. The van der Waals surface area contributed by atoms with Crippen molar-refractivity contribution in [2.24, 2.45) is 5.73 Å². The van der Waals surface area contributed by atoms with Crippen LogP contribution in [-0.2, 0) is 9.59 Å². The number of hydrogen-bond acceptors (Lipinski definition) is 3. The van der Waals surface area contributed by atoms with Crippen LogP contribution in [-0.4, -0.2) is 23.8 Å². The maximum atomic E-state index is 10.9. The molecule has 0 heterocycles. The Morgan fingerprint density at radius 3 is 2.09 bits per heavy atom. The summed E-state index contributed by atoms with van der Waals surface area (Å²) in [5.41, 5.74) is 5.26. The fourth-order valence-corrected chi connectivity index (χ4v) is 0.446. The summed E-state index contributed by atoms with van der Waals surface area (Å²) in [6.45, 7) is 4.62. The molecular weight excluding hydrogens is 144 g/mol. The minimum absolute atomic E-state index is 0.0704. The molecule has 0 aliphatic rings. The van der Waals surface area contributed by atoms with Gasteiger partial charge >= 0.3 is 0 Å². The first kappa shape index (κ1) is 10.1. The number of ketones is 1. The fraction of sp³-hybridized carbons (Fsp3) is 0.714. The largest absolute Gasteiger partial charge is 0.345 e. The van der Waals surface area contributed by atoms with E-state index in [1.165, 1.54) is 6.92 Å². The first-order valence-corrected chi connectivity index (χ1v) is 3.51. The Kier molecular flexibility index (Phi) is 3.74. The van der Waals surface area contributed by atoms with Crippen LogP contribution in [0.3, 0.4) is 0 Å². The highest BCUT2D eigenvalue weighted by Crippen LogP contribution is 1.84. The zero-order valence-electron chi connectivity index (χ0n) is 7.05. The van der Waals surface area contributed by atoms with Gasteiger partial charge in [0.2, 0.25) is 5.91 Å². The summed E-state index contributed by atoms with van der Waals surface area (Å²) in [7, 11) is 0. The van der Waals surface area contributed by atoms with Gasteiger partial charge in [-0.25, -0.2) is 0 Å². The second-order valence-corrected chi connectivity index (χ2v) is 2.63. The van der Waals surface area contributed by atoms with Crippen LogP contribution in [0.1, 0.15) is 20.8 Å². The van der Waals surface area contributed by atoms with E-state index in [0.717, 1.165) is 0 Å². The van der Waals surface area contributed by atoms with Crippen LogP contribution < -0.4 is 11.1 Å².